The molecule has 90 valence electrons. The highest BCUT2D eigenvalue weighted by Crippen LogP contribution is 2.12. The molecule has 0 saturated carbocycles. The van der Waals surface area contributed by atoms with Crippen molar-refractivity contribution in [1.29, 1.82) is 0 Å². The predicted molar refractivity (Wildman–Crippen MR) is 62.3 cm³/mol. The van der Waals surface area contributed by atoms with Gasteiger partial charge in [-0.25, -0.2) is 0 Å². The van der Waals surface area contributed by atoms with Crippen molar-refractivity contribution in [3.8, 4) is 0 Å². The fourth-order valence-corrected chi connectivity index (χ4v) is 2.18. The van der Waals surface area contributed by atoms with Crippen molar-refractivity contribution >= 4 is 0 Å². The van der Waals surface area contributed by atoms with E-state index in [4.69, 9.17) is 4.52 Å². The Morgan fingerprint density at radius 1 is 1.38 bits per heavy atom. The van der Waals surface area contributed by atoms with Gasteiger partial charge in [-0.2, -0.15) is 4.98 Å². The van der Waals surface area contributed by atoms with Crippen LogP contribution in [-0.4, -0.2) is 22.7 Å². The summed E-state index contributed by atoms with van der Waals surface area (Å²) in [5.41, 5.74) is 0. The molecule has 1 saturated heterocycles. The number of nitrogens with zero attached hydrogens (tertiary/aromatic N) is 2. The molecule has 0 aliphatic carbocycles. The lowest BCUT2D eigenvalue weighted by Crippen LogP contribution is -2.34. The van der Waals surface area contributed by atoms with Gasteiger partial charge in [-0.1, -0.05) is 18.5 Å². The molecule has 4 heteroatoms. The summed E-state index contributed by atoms with van der Waals surface area (Å²) in [4.78, 5) is 4.38. The minimum Gasteiger partial charge on any atom is -0.339 e. The molecule has 2 rings (SSSR count). The summed E-state index contributed by atoms with van der Waals surface area (Å²) < 4.78 is 5.22. The molecule has 0 spiro atoms. The van der Waals surface area contributed by atoms with Crippen LogP contribution in [-0.2, 0) is 12.8 Å². The van der Waals surface area contributed by atoms with Crippen molar-refractivity contribution in [3.05, 3.63) is 11.7 Å². The standard InChI is InChI=1S/C12H21N3O/c1-2-5-11-14-12(16-15-11)8-7-10-6-3-4-9-13-10/h10,13H,2-9H2,1H3. The summed E-state index contributed by atoms with van der Waals surface area (Å²) in [5.74, 6) is 1.66. The van der Waals surface area contributed by atoms with Crippen LogP contribution < -0.4 is 5.32 Å². The summed E-state index contributed by atoms with van der Waals surface area (Å²) in [5, 5.41) is 7.49. The van der Waals surface area contributed by atoms with Gasteiger partial charge in [0, 0.05) is 18.9 Å². The average Bonchev–Trinajstić information content (AvgIpc) is 2.76. The molecule has 1 atom stereocenters. The Labute approximate surface area is 96.8 Å². The molecular formula is C12H21N3O. The molecular weight excluding hydrogens is 202 g/mol. The molecule has 1 aliphatic heterocycles. The van der Waals surface area contributed by atoms with Crippen LogP contribution in [0.25, 0.3) is 0 Å². The van der Waals surface area contributed by atoms with E-state index in [0.29, 0.717) is 6.04 Å². The van der Waals surface area contributed by atoms with E-state index in [-0.39, 0.29) is 0 Å². The van der Waals surface area contributed by atoms with E-state index in [2.05, 4.69) is 22.4 Å². The first-order valence-electron chi connectivity index (χ1n) is 6.43. The molecule has 1 aliphatic rings. The van der Waals surface area contributed by atoms with E-state index >= 15 is 0 Å². The third-order valence-electron chi connectivity index (χ3n) is 3.10. The quantitative estimate of drug-likeness (QED) is 0.830. The Kier molecular flexibility index (Phi) is 4.34. The van der Waals surface area contributed by atoms with E-state index in [0.717, 1.165) is 43.9 Å². The third kappa shape index (κ3) is 3.30. The Hall–Kier alpha value is -0.900. The first kappa shape index (κ1) is 11.6. The second-order valence-electron chi connectivity index (χ2n) is 4.54. The van der Waals surface area contributed by atoms with Gasteiger partial charge >= 0.3 is 0 Å². The number of rotatable bonds is 5. The van der Waals surface area contributed by atoms with Crippen molar-refractivity contribution in [3.63, 3.8) is 0 Å². The van der Waals surface area contributed by atoms with Crippen LogP contribution in [0, 0.1) is 0 Å². The lowest BCUT2D eigenvalue weighted by atomic mass is 10.0. The summed E-state index contributed by atoms with van der Waals surface area (Å²) in [6.07, 6.45) is 7.98. The van der Waals surface area contributed by atoms with E-state index in [1.807, 2.05) is 0 Å². The van der Waals surface area contributed by atoms with Crippen molar-refractivity contribution in [1.82, 2.24) is 15.5 Å². The molecule has 4 nitrogen and oxygen atoms in total. The van der Waals surface area contributed by atoms with Gasteiger partial charge < -0.3 is 9.84 Å². The molecule has 2 heterocycles. The monoisotopic (exact) mass is 223 g/mol. The molecule has 0 radical (unpaired) electrons. The molecule has 0 bridgehead atoms. The Morgan fingerprint density at radius 3 is 3.06 bits per heavy atom. The summed E-state index contributed by atoms with van der Waals surface area (Å²) in [7, 11) is 0. The maximum Gasteiger partial charge on any atom is 0.226 e. The predicted octanol–water partition coefficient (Wildman–Crippen LogP) is 2.10. The van der Waals surface area contributed by atoms with Crippen LogP contribution in [0.2, 0.25) is 0 Å². The number of hydrogen-bond acceptors (Lipinski definition) is 4. The number of nitrogens with one attached hydrogen (secondary N) is 1. The lowest BCUT2D eigenvalue weighted by molar-refractivity contribution is 0.340. The fraction of sp³-hybridized carbons (Fsp3) is 0.833. The number of hydrogen-bond donors (Lipinski definition) is 1. The van der Waals surface area contributed by atoms with Crippen LogP contribution >= 0.6 is 0 Å². The van der Waals surface area contributed by atoms with Crippen LogP contribution in [0.3, 0.4) is 0 Å². The van der Waals surface area contributed by atoms with Crippen LogP contribution in [0.4, 0.5) is 0 Å². The average molecular weight is 223 g/mol. The van der Waals surface area contributed by atoms with Crippen molar-refractivity contribution < 1.29 is 4.52 Å². The molecule has 0 aromatic carbocycles. The maximum absolute atomic E-state index is 5.22. The maximum atomic E-state index is 5.22. The zero-order chi connectivity index (χ0) is 11.2. The van der Waals surface area contributed by atoms with Gasteiger partial charge in [0.05, 0.1) is 0 Å². The second-order valence-corrected chi connectivity index (χ2v) is 4.54. The zero-order valence-corrected chi connectivity index (χ0v) is 10.0. The van der Waals surface area contributed by atoms with E-state index in [1.165, 1.54) is 19.3 Å². The van der Waals surface area contributed by atoms with E-state index < -0.39 is 0 Å². The van der Waals surface area contributed by atoms with Crippen molar-refractivity contribution in [2.24, 2.45) is 0 Å². The first-order chi connectivity index (χ1) is 7.88. The van der Waals surface area contributed by atoms with Gasteiger partial charge in [0.2, 0.25) is 5.89 Å². The highest BCUT2D eigenvalue weighted by molar-refractivity contribution is 4.87. The molecule has 1 aromatic rings. The molecule has 1 N–H and O–H groups in total. The van der Waals surface area contributed by atoms with Gasteiger partial charge in [-0.15, -0.1) is 0 Å². The van der Waals surface area contributed by atoms with Gasteiger partial charge in [-0.05, 0) is 32.2 Å². The minimum absolute atomic E-state index is 0.648. The Balaban J connectivity index is 1.75. The lowest BCUT2D eigenvalue weighted by Gasteiger charge is -2.22. The summed E-state index contributed by atoms with van der Waals surface area (Å²) in [6, 6.07) is 0.648. The number of aromatic nitrogens is 2. The van der Waals surface area contributed by atoms with Gasteiger partial charge in [0.25, 0.3) is 0 Å². The van der Waals surface area contributed by atoms with Crippen LogP contribution in [0.5, 0.6) is 0 Å². The van der Waals surface area contributed by atoms with Crippen LogP contribution in [0.15, 0.2) is 4.52 Å². The van der Waals surface area contributed by atoms with Gasteiger partial charge in [0.1, 0.15) is 0 Å². The normalized spacial score (nSPS) is 21.2. The Morgan fingerprint density at radius 2 is 2.31 bits per heavy atom. The molecule has 1 aromatic heterocycles. The third-order valence-corrected chi connectivity index (χ3v) is 3.10. The SMILES string of the molecule is CCCc1noc(CCC2CCCCN2)n1. The molecule has 1 fully saturated rings. The van der Waals surface area contributed by atoms with E-state index in [1.54, 1.807) is 0 Å². The number of piperidine rings is 1. The largest absolute Gasteiger partial charge is 0.339 e. The van der Waals surface area contributed by atoms with Crippen LogP contribution in [0.1, 0.15) is 50.7 Å². The highest BCUT2D eigenvalue weighted by Gasteiger charge is 2.14. The number of aryl methyl sites for hydroxylation is 2. The molecule has 0 amide bonds. The van der Waals surface area contributed by atoms with Crippen molar-refractivity contribution in [2.45, 2.75) is 57.9 Å². The Bertz CT molecular complexity index is 305. The molecule has 16 heavy (non-hydrogen) atoms. The van der Waals surface area contributed by atoms with Gasteiger partial charge in [0.15, 0.2) is 5.82 Å². The second kappa shape index (κ2) is 5.99. The van der Waals surface area contributed by atoms with Gasteiger partial charge in [-0.3, -0.25) is 0 Å². The minimum atomic E-state index is 0.648. The fourth-order valence-electron chi connectivity index (χ4n) is 2.18. The smallest absolute Gasteiger partial charge is 0.226 e. The summed E-state index contributed by atoms with van der Waals surface area (Å²) >= 11 is 0. The zero-order valence-electron chi connectivity index (χ0n) is 10.0. The van der Waals surface area contributed by atoms with E-state index in [9.17, 15) is 0 Å². The molecule has 1 unspecified atom stereocenters. The van der Waals surface area contributed by atoms with Crippen molar-refractivity contribution in [2.75, 3.05) is 6.54 Å². The topological polar surface area (TPSA) is 51.0 Å². The first-order valence-corrected chi connectivity index (χ1v) is 6.43. The summed E-state index contributed by atoms with van der Waals surface area (Å²) in [6.45, 7) is 3.29. The highest BCUT2D eigenvalue weighted by atomic mass is 16.5.